The van der Waals surface area contributed by atoms with Gasteiger partial charge < -0.3 is 0 Å². The third kappa shape index (κ3) is 1.19. The highest BCUT2D eigenvalue weighted by Crippen LogP contribution is 2.30. The van der Waals surface area contributed by atoms with E-state index in [-0.39, 0.29) is 0 Å². The van der Waals surface area contributed by atoms with Gasteiger partial charge in [-0.1, -0.05) is 20.3 Å². The lowest BCUT2D eigenvalue weighted by Crippen LogP contribution is -1.82. The standard InChI is InChI=1S/C7H13/c1-6-3-4-7(2)5-6/h6H,3-5H2,1-2H3. The quantitative estimate of drug-likeness (QED) is 0.435. The van der Waals surface area contributed by atoms with Gasteiger partial charge in [-0.25, -0.2) is 0 Å². The van der Waals surface area contributed by atoms with Crippen molar-refractivity contribution in [3.05, 3.63) is 5.92 Å². The third-order valence-electron chi connectivity index (χ3n) is 1.76. The molecule has 0 bridgehead atoms. The van der Waals surface area contributed by atoms with Crippen molar-refractivity contribution < 1.29 is 0 Å². The van der Waals surface area contributed by atoms with Gasteiger partial charge in [-0.3, -0.25) is 0 Å². The van der Waals surface area contributed by atoms with E-state index in [4.69, 9.17) is 0 Å². The van der Waals surface area contributed by atoms with Crippen LogP contribution in [0.1, 0.15) is 33.1 Å². The lowest BCUT2D eigenvalue weighted by molar-refractivity contribution is 0.616. The molecule has 1 unspecified atom stereocenters. The summed E-state index contributed by atoms with van der Waals surface area (Å²) in [5.74, 6) is 2.69. The molecule has 0 spiro atoms. The molecule has 1 atom stereocenters. The monoisotopic (exact) mass is 97.1 g/mol. The zero-order valence-electron chi connectivity index (χ0n) is 5.20. The minimum atomic E-state index is 0.986. The van der Waals surface area contributed by atoms with Crippen LogP contribution in [0.4, 0.5) is 0 Å². The summed E-state index contributed by atoms with van der Waals surface area (Å²) in [6, 6.07) is 0. The van der Waals surface area contributed by atoms with Crippen molar-refractivity contribution in [1.82, 2.24) is 0 Å². The second-order valence-corrected chi connectivity index (χ2v) is 2.81. The normalized spacial score (nSPS) is 34.3. The predicted octanol–water partition coefficient (Wildman–Crippen LogP) is 2.40. The van der Waals surface area contributed by atoms with Gasteiger partial charge >= 0.3 is 0 Å². The van der Waals surface area contributed by atoms with Crippen molar-refractivity contribution >= 4 is 0 Å². The molecule has 1 saturated carbocycles. The first-order chi connectivity index (χ1) is 3.29. The molecule has 0 aromatic carbocycles. The molecule has 1 rings (SSSR count). The molecule has 0 aromatic rings. The van der Waals surface area contributed by atoms with E-state index in [2.05, 4.69) is 13.8 Å². The van der Waals surface area contributed by atoms with Gasteiger partial charge in [0.25, 0.3) is 0 Å². The molecule has 1 aliphatic carbocycles. The highest BCUT2D eigenvalue weighted by molar-refractivity contribution is 4.92. The van der Waals surface area contributed by atoms with E-state index in [1.807, 2.05) is 0 Å². The first-order valence-corrected chi connectivity index (χ1v) is 3.10. The largest absolute Gasteiger partial charge is 0.0625 e. The predicted molar refractivity (Wildman–Crippen MR) is 31.9 cm³/mol. The van der Waals surface area contributed by atoms with Crippen molar-refractivity contribution in [3.63, 3.8) is 0 Å². The molecular weight excluding hydrogens is 84.1 g/mol. The number of hydrogen-bond donors (Lipinski definition) is 0. The van der Waals surface area contributed by atoms with E-state index in [1.54, 1.807) is 5.92 Å². The fraction of sp³-hybridized carbons (Fsp3) is 0.857. The fourth-order valence-electron chi connectivity index (χ4n) is 1.29. The van der Waals surface area contributed by atoms with Crippen molar-refractivity contribution in [2.45, 2.75) is 33.1 Å². The van der Waals surface area contributed by atoms with E-state index in [1.165, 1.54) is 19.3 Å². The van der Waals surface area contributed by atoms with E-state index in [9.17, 15) is 0 Å². The molecule has 0 heterocycles. The van der Waals surface area contributed by atoms with Crippen LogP contribution in [0.15, 0.2) is 0 Å². The molecule has 7 heavy (non-hydrogen) atoms. The van der Waals surface area contributed by atoms with Crippen LogP contribution >= 0.6 is 0 Å². The van der Waals surface area contributed by atoms with E-state index in [0.717, 1.165) is 5.92 Å². The number of hydrogen-bond acceptors (Lipinski definition) is 0. The Bertz CT molecular complexity index is 49.1. The van der Waals surface area contributed by atoms with E-state index >= 15 is 0 Å². The van der Waals surface area contributed by atoms with Gasteiger partial charge in [-0.05, 0) is 24.7 Å². The summed E-state index contributed by atoms with van der Waals surface area (Å²) >= 11 is 0. The minimum absolute atomic E-state index is 0.986. The first-order valence-electron chi connectivity index (χ1n) is 3.10. The summed E-state index contributed by atoms with van der Waals surface area (Å²) < 4.78 is 0. The van der Waals surface area contributed by atoms with Crippen LogP contribution in [0, 0.1) is 11.8 Å². The topological polar surface area (TPSA) is 0 Å². The van der Waals surface area contributed by atoms with Crippen LogP contribution in [0.3, 0.4) is 0 Å². The molecule has 0 aromatic heterocycles. The Hall–Kier alpha value is 0. The van der Waals surface area contributed by atoms with Crippen molar-refractivity contribution in [2.24, 2.45) is 5.92 Å². The van der Waals surface area contributed by atoms with Crippen LogP contribution in [-0.4, -0.2) is 0 Å². The Balaban J connectivity index is 2.26. The first kappa shape index (κ1) is 5.14. The SMILES string of the molecule is C[C]1CCC(C)C1. The average molecular weight is 97.2 g/mol. The van der Waals surface area contributed by atoms with E-state index < -0.39 is 0 Å². The average Bonchev–Trinajstić information content (AvgIpc) is 1.87. The van der Waals surface area contributed by atoms with Crippen LogP contribution in [0.25, 0.3) is 0 Å². The van der Waals surface area contributed by atoms with Gasteiger partial charge in [0, 0.05) is 0 Å². The summed E-state index contributed by atoms with van der Waals surface area (Å²) in [5, 5.41) is 0. The molecule has 0 aliphatic heterocycles. The maximum absolute atomic E-state index is 2.33. The molecule has 0 N–H and O–H groups in total. The molecule has 0 heteroatoms. The summed E-state index contributed by atoms with van der Waals surface area (Å²) in [5.41, 5.74) is 0. The number of rotatable bonds is 0. The van der Waals surface area contributed by atoms with Gasteiger partial charge in [-0.2, -0.15) is 0 Å². The molecule has 1 aliphatic rings. The summed E-state index contributed by atoms with van der Waals surface area (Å²) in [7, 11) is 0. The van der Waals surface area contributed by atoms with Crippen LogP contribution < -0.4 is 0 Å². The molecule has 1 fully saturated rings. The highest BCUT2D eigenvalue weighted by atomic mass is 14.2. The third-order valence-corrected chi connectivity index (χ3v) is 1.76. The maximum atomic E-state index is 2.33. The second kappa shape index (κ2) is 1.85. The van der Waals surface area contributed by atoms with Crippen LogP contribution in [0.2, 0.25) is 0 Å². The smallest absolute Gasteiger partial charge is 0.0269 e. The summed E-state index contributed by atoms with van der Waals surface area (Å²) in [4.78, 5) is 0. The van der Waals surface area contributed by atoms with Gasteiger partial charge in [0.1, 0.15) is 0 Å². The van der Waals surface area contributed by atoms with Gasteiger partial charge in [0.15, 0.2) is 0 Å². The molecule has 1 radical (unpaired) electrons. The Labute approximate surface area is 45.9 Å². The van der Waals surface area contributed by atoms with Crippen molar-refractivity contribution in [1.29, 1.82) is 0 Å². The van der Waals surface area contributed by atoms with Crippen molar-refractivity contribution in [3.8, 4) is 0 Å². The molecule has 41 valence electrons. The Morgan fingerprint density at radius 3 is 2.43 bits per heavy atom. The molecule has 0 saturated heterocycles. The van der Waals surface area contributed by atoms with Crippen molar-refractivity contribution in [2.75, 3.05) is 0 Å². The lowest BCUT2D eigenvalue weighted by Gasteiger charge is -1.95. The minimum Gasteiger partial charge on any atom is -0.0625 e. The van der Waals surface area contributed by atoms with Crippen LogP contribution in [0.5, 0.6) is 0 Å². The maximum Gasteiger partial charge on any atom is -0.0269 e. The molecule has 0 amide bonds. The zero-order chi connectivity index (χ0) is 5.28. The van der Waals surface area contributed by atoms with Gasteiger partial charge in [0.2, 0.25) is 0 Å². The van der Waals surface area contributed by atoms with E-state index in [0.29, 0.717) is 0 Å². The highest BCUT2D eigenvalue weighted by Gasteiger charge is 2.16. The van der Waals surface area contributed by atoms with Crippen LogP contribution in [-0.2, 0) is 0 Å². The summed E-state index contributed by atoms with van der Waals surface area (Å²) in [6.07, 6.45) is 4.22. The fourth-order valence-corrected chi connectivity index (χ4v) is 1.29. The Morgan fingerprint density at radius 1 is 1.57 bits per heavy atom. The lowest BCUT2D eigenvalue weighted by atomic mass is 10.1. The zero-order valence-corrected chi connectivity index (χ0v) is 5.20. The van der Waals surface area contributed by atoms with Gasteiger partial charge in [-0.15, -0.1) is 0 Å². The Kier molecular flexibility index (Phi) is 1.36. The van der Waals surface area contributed by atoms with Gasteiger partial charge in [0.05, 0.1) is 0 Å². The Morgan fingerprint density at radius 2 is 2.29 bits per heavy atom. The molecular formula is C7H13. The molecule has 0 nitrogen and oxygen atoms in total. The summed E-state index contributed by atoms with van der Waals surface area (Å²) in [6.45, 7) is 4.60. The second-order valence-electron chi connectivity index (χ2n) is 2.81.